The summed E-state index contributed by atoms with van der Waals surface area (Å²) in [5.74, 6) is 2.22. The molecule has 6 nitrogen and oxygen atoms in total. The highest BCUT2D eigenvalue weighted by atomic mass is 32.1. The van der Waals surface area contributed by atoms with Crippen LogP contribution in [0.5, 0.6) is 11.5 Å². The van der Waals surface area contributed by atoms with Crippen molar-refractivity contribution < 1.29 is 9.47 Å². The number of hydrogen-bond donors (Lipinski definition) is 2. The number of nitrogens with zero attached hydrogens (tertiary/aromatic N) is 2. The summed E-state index contributed by atoms with van der Waals surface area (Å²) in [6.07, 6.45) is 3.14. The van der Waals surface area contributed by atoms with Crippen LogP contribution in [0, 0.1) is 6.92 Å². The predicted octanol–water partition coefficient (Wildman–Crippen LogP) is 4.26. The molecular weight excluding hydrogens is 360 g/mol. The molecule has 0 saturated heterocycles. The maximum absolute atomic E-state index is 5.56. The minimum Gasteiger partial charge on any atom is -0.493 e. The van der Waals surface area contributed by atoms with Crippen molar-refractivity contribution in [1.82, 2.24) is 10.3 Å². The summed E-state index contributed by atoms with van der Waals surface area (Å²) in [7, 11) is 1.64. The molecule has 7 heteroatoms. The van der Waals surface area contributed by atoms with Crippen molar-refractivity contribution in [1.29, 1.82) is 0 Å². The molecule has 0 bridgehead atoms. The third-order valence-corrected chi connectivity index (χ3v) is 4.83. The quantitative estimate of drug-likeness (QED) is 0.360. The van der Waals surface area contributed by atoms with E-state index in [1.165, 1.54) is 5.01 Å². The lowest BCUT2D eigenvalue weighted by Crippen LogP contribution is -2.30. The first-order chi connectivity index (χ1) is 13.2. The van der Waals surface area contributed by atoms with E-state index in [4.69, 9.17) is 9.47 Å². The van der Waals surface area contributed by atoms with E-state index < -0.39 is 0 Å². The Morgan fingerprint density at radius 1 is 1.22 bits per heavy atom. The van der Waals surface area contributed by atoms with Crippen molar-refractivity contribution >= 4 is 23.0 Å². The highest BCUT2D eigenvalue weighted by Crippen LogP contribution is 2.30. The zero-order chi connectivity index (χ0) is 19.5. The molecule has 0 aliphatic heterocycles. The molecule has 1 heterocycles. The van der Waals surface area contributed by atoms with Crippen molar-refractivity contribution in [3.63, 3.8) is 0 Å². The van der Waals surface area contributed by atoms with Crippen LogP contribution in [0.1, 0.15) is 37.4 Å². The number of aryl methyl sites for hydroxylation is 2. The Bertz CT molecular complexity index is 731. The van der Waals surface area contributed by atoms with Gasteiger partial charge in [0.25, 0.3) is 0 Å². The molecule has 148 valence electrons. The molecule has 2 N–H and O–H groups in total. The molecule has 2 rings (SSSR count). The summed E-state index contributed by atoms with van der Waals surface area (Å²) in [5, 5.41) is 9.92. The van der Waals surface area contributed by atoms with Crippen LogP contribution in [-0.4, -0.2) is 37.7 Å². The molecule has 0 atom stereocenters. The maximum atomic E-state index is 5.56. The van der Waals surface area contributed by atoms with Crippen LogP contribution in [0.3, 0.4) is 0 Å². The average molecular weight is 391 g/mol. The Morgan fingerprint density at radius 2 is 2.07 bits per heavy atom. The van der Waals surface area contributed by atoms with Crippen molar-refractivity contribution in [2.75, 3.05) is 32.1 Å². The van der Waals surface area contributed by atoms with E-state index in [2.05, 4.69) is 32.9 Å². The monoisotopic (exact) mass is 390 g/mol. The molecule has 2 aromatic rings. The zero-order valence-electron chi connectivity index (χ0n) is 16.7. The van der Waals surface area contributed by atoms with Gasteiger partial charge >= 0.3 is 0 Å². The van der Waals surface area contributed by atoms with Crippen LogP contribution < -0.4 is 20.1 Å². The van der Waals surface area contributed by atoms with Crippen molar-refractivity contribution in [3.8, 4) is 11.5 Å². The highest BCUT2D eigenvalue weighted by Gasteiger charge is 2.07. The van der Waals surface area contributed by atoms with Gasteiger partial charge in [0.05, 0.1) is 18.7 Å². The summed E-state index contributed by atoms with van der Waals surface area (Å²) in [5.41, 5.74) is 2.02. The Labute approximate surface area is 166 Å². The van der Waals surface area contributed by atoms with Crippen molar-refractivity contribution in [3.05, 3.63) is 34.3 Å². The molecule has 27 heavy (non-hydrogen) atoms. The van der Waals surface area contributed by atoms with Gasteiger partial charge in [-0.05, 0) is 52.2 Å². The van der Waals surface area contributed by atoms with E-state index >= 15 is 0 Å². The minimum atomic E-state index is 0.605. The van der Waals surface area contributed by atoms with E-state index in [-0.39, 0.29) is 0 Å². The van der Waals surface area contributed by atoms with Gasteiger partial charge in [-0.15, -0.1) is 11.3 Å². The Hall–Kier alpha value is -2.28. The second-order valence-electron chi connectivity index (χ2n) is 6.02. The van der Waals surface area contributed by atoms with Crippen LogP contribution in [0.2, 0.25) is 0 Å². The normalized spacial score (nSPS) is 11.3. The lowest BCUT2D eigenvalue weighted by molar-refractivity contribution is 0.311. The number of guanidine groups is 1. The number of hydrogen-bond acceptors (Lipinski definition) is 5. The van der Waals surface area contributed by atoms with Crippen LogP contribution in [0.4, 0.5) is 5.69 Å². The average Bonchev–Trinajstić information content (AvgIpc) is 3.08. The van der Waals surface area contributed by atoms with E-state index in [0.29, 0.717) is 12.4 Å². The lowest BCUT2D eigenvalue weighted by atomic mass is 10.2. The van der Waals surface area contributed by atoms with E-state index in [1.807, 2.05) is 32.0 Å². The van der Waals surface area contributed by atoms with Gasteiger partial charge in [0.1, 0.15) is 0 Å². The summed E-state index contributed by atoms with van der Waals surface area (Å²) < 4.78 is 11.0. The van der Waals surface area contributed by atoms with E-state index in [9.17, 15) is 0 Å². The predicted molar refractivity (Wildman–Crippen MR) is 114 cm³/mol. The van der Waals surface area contributed by atoms with Gasteiger partial charge in [-0.2, -0.15) is 0 Å². The van der Waals surface area contributed by atoms with Crippen molar-refractivity contribution in [2.24, 2.45) is 4.99 Å². The molecular formula is C20H30N4O2S. The van der Waals surface area contributed by atoms with Crippen molar-refractivity contribution in [2.45, 2.75) is 40.0 Å². The van der Waals surface area contributed by atoms with Crippen LogP contribution in [0.25, 0.3) is 0 Å². The van der Waals surface area contributed by atoms with E-state index in [0.717, 1.165) is 55.4 Å². The highest BCUT2D eigenvalue weighted by molar-refractivity contribution is 7.09. The molecule has 0 spiro atoms. The second kappa shape index (κ2) is 11.4. The number of nitrogens with one attached hydrogen (secondary N) is 2. The third-order valence-electron chi connectivity index (χ3n) is 3.81. The first-order valence-electron chi connectivity index (χ1n) is 9.43. The molecule has 0 amide bonds. The molecule has 1 aromatic carbocycles. The molecule has 0 unspecified atom stereocenters. The summed E-state index contributed by atoms with van der Waals surface area (Å²) >= 11 is 1.74. The largest absolute Gasteiger partial charge is 0.493 e. The molecule has 0 saturated carbocycles. The fourth-order valence-electron chi connectivity index (χ4n) is 2.56. The van der Waals surface area contributed by atoms with Crippen LogP contribution >= 0.6 is 11.3 Å². The number of benzene rings is 1. The fraction of sp³-hybridized carbons (Fsp3) is 0.500. The summed E-state index contributed by atoms with van der Waals surface area (Å²) in [6, 6.07) is 5.79. The van der Waals surface area contributed by atoms with Crippen LogP contribution in [-0.2, 0) is 6.42 Å². The number of anilines is 1. The minimum absolute atomic E-state index is 0.605. The van der Waals surface area contributed by atoms with Gasteiger partial charge in [0.15, 0.2) is 17.5 Å². The van der Waals surface area contributed by atoms with Crippen LogP contribution in [0.15, 0.2) is 28.6 Å². The first-order valence-corrected chi connectivity index (χ1v) is 10.3. The number of rotatable bonds is 10. The number of thiazole rings is 1. The number of aromatic nitrogens is 1. The first kappa shape index (κ1) is 21.0. The smallest absolute Gasteiger partial charge is 0.195 e. The summed E-state index contributed by atoms with van der Waals surface area (Å²) in [6.45, 7) is 8.23. The molecule has 0 fully saturated rings. The third kappa shape index (κ3) is 7.09. The zero-order valence-corrected chi connectivity index (χ0v) is 17.5. The molecule has 0 aliphatic carbocycles. The number of aliphatic imine (C=N–C) groups is 1. The standard InChI is InChI=1S/C20H30N4O2S/c1-5-21-20(22-12-8-7-9-19-23-15(3)14-27-19)24-16-10-11-17(26-6-2)18(13-16)25-4/h10-11,13-14H,5-9,12H2,1-4H3,(H2,21,22,24). The van der Waals surface area contributed by atoms with Gasteiger partial charge in [-0.1, -0.05) is 0 Å². The Kier molecular flexibility index (Phi) is 8.91. The number of ether oxygens (including phenoxy) is 2. The van der Waals surface area contributed by atoms with E-state index in [1.54, 1.807) is 18.4 Å². The Balaban J connectivity index is 1.88. The second-order valence-corrected chi connectivity index (χ2v) is 6.97. The molecule has 0 radical (unpaired) electrons. The fourth-order valence-corrected chi connectivity index (χ4v) is 3.38. The lowest BCUT2D eigenvalue weighted by Gasteiger charge is -2.14. The van der Waals surface area contributed by atoms with Gasteiger partial charge in [-0.3, -0.25) is 4.99 Å². The van der Waals surface area contributed by atoms with Gasteiger partial charge in [-0.25, -0.2) is 4.98 Å². The SMILES string of the molecule is CCNC(=NCCCCc1nc(C)cs1)Nc1ccc(OCC)c(OC)c1. The van der Waals surface area contributed by atoms with Gasteiger partial charge in [0.2, 0.25) is 0 Å². The number of unbranched alkanes of at least 4 members (excludes halogenated alkanes) is 1. The molecule has 0 aliphatic rings. The molecule has 1 aromatic heterocycles. The maximum Gasteiger partial charge on any atom is 0.195 e. The topological polar surface area (TPSA) is 67.8 Å². The number of methoxy groups -OCH3 is 1. The van der Waals surface area contributed by atoms with Gasteiger partial charge in [0, 0.05) is 35.9 Å². The Morgan fingerprint density at radius 3 is 2.74 bits per heavy atom. The van der Waals surface area contributed by atoms with Gasteiger partial charge < -0.3 is 20.1 Å². The summed E-state index contributed by atoms with van der Waals surface area (Å²) in [4.78, 5) is 9.17.